The molecule has 0 radical (unpaired) electrons. The standard InChI is InChI=1S/C15H14ClN3/c1-11(13-2-4-14(16)5-3-13)19-10-12-6-7-18-15(8-12)9-17/h2-8,11,19H,10H2,1H3. The molecule has 1 unspecified atom stereocenters. The Bertz CT molecular complexity index is 587. The average Bonchev–Trinajstić information content (AvgIpc) is 2.46. The van der Waals surface area contributed by atoms with Crippen LogP contribution in [-0.2, 0) is 6.54 Å². The molecule has 0 bridgehead atoms. The minimum atomic E-state index is 0.218. The number of aromatic nitrogens is 1. The number of nitrogens with zero attached hydrogens (tertiary/aromatic N) is 2. The predicted molar refractivity (Wildman–Crippen MR) is 75.7 cm³/mol. The van der Waals surface area contributed by atoms with Crippen molar-refractivity contribution in [3.05, 3.63) is 64.4 Å². The molecule has 19 heavy (non-hydrogen) atoms. The molecule has 0 aliphatic rings. The van der Waals surface area contributed by atoms with Crippen molar-refractivity contribution in [3.8, 4) is 6.07 Å². The van der Waals surface area contributed by atoms with Crippen LogP contribution in [0.2, 0.25) is 5.02 Å². The molecule has 1 N–H and O–H groups in total. The van der Waals surface area contributed by atoms with Gasteiger partial charge in [-0.3, -0.25) is 0 Å². The van der Waals surface area contributed by atoms with Crippen molar-refractivity contribution in [2.24, 2.45) is 0 Å². The second-order valence-electron chi connectivity index (χ2n) is 4.32. The zero-order valence-corrected chi connectivity index (χ0v) is 11.4. The van der Waals surface area contributed by atoms with Crippen LogP contribution in [0.15, 0.2) is 42.6 Å². The molecule has 0 aliphatic carbocycles. The van der Waals surface area contributed by atoms with Crippen LogP contribution in [-0.4, -0.2) is 4.98 Å². The highest BCUT2D eigenvalue weighted by molar-refractivity contribution is 6.30. The lowest BCUT2D eigenvalue weighted by Crippen LogP contribution is -2.18. The summed E-state index contributed by atoms with van der Waals surface area (Å²) in [6, 6.07) is 13.7. The molecule has 0 spiro atoms. The molecule has 96 valence electrons. The normalized spacial score (nSPS) is 11.8. The van der Waals surface area contributed by atoms with Crippen molar-refractivity contribution in [3.63, 3.8) is 0 Å². The second-order valence-corrected chi connectivity index (χ2v) is 4.75. The van der Waals surface area contributed by atoms with E-state index in [4.69, 9.17) is 16.9 Å². The van der Waals surface area contributed by atoms with Gasteiger partial charge in [-0.1, -0.05) is 23.7 Å². The van der Waals surface area contributed by atoms with E-state index in [0.717, 1.165) is 10.6 Å². The molecule has 0 saturated heterocycles. The van der Waals surface area contributed by atoms with Crippen molar-refractivity contribution < 1.29 is 0 Å². The minimum Gasteiger partial charge on any atom is -0.306 e. The summed E-state index contributed by atoms with van der Waals surface area (Å²) in [4.78, 5) is 3.95. The number of hydrogen-bond acceptors (Lipinski definition) is 3. The topological polar surface area (TPSA) is 48.7 Å². The van der Waals surface area contributed by atoms with E-state index in [0.29, 0.717) is 12.2 Å². The highest BCUT2D eigenvalue weighted by Gasteiger charge is 2.05. The van der Waals surface area contributed by atoms with Gasteiger partial charge in [0.15, 0.2) is 0 Å². The SMILES string of the molecule is CC(NCc1ccnc(C#N)c1)c1ccc(Cl)cc1. The maximum atomic E-state index is 8.80. The van der Waals surface area contributed by atoms with E-state index < -0.39 is 0 Å². The third-order valence-corrected chi connectivity index (χ3v) is 3.17. The number of nitriles is 1. The monoisotopic (exact) mass is 271 g/mol. The van der Waals surface area contributed by atoms with Crippen LogP contribution in [0, 0.1) is 11.3 Å². The highest BCUT2D eigenvalue weighted by Crippen LogP contribution is 2.16. The first-order valence-corrected chi connectivity index (χ1v) is 6.40. The lowest BCUT2D eigenvalue weighted by atomic mass is 10.1. The van der Waals surface area contributed by atoms with E-state index in [1.807, 2.05) is 36.4 Å². The van der Waals surface area contributed by atoms with Crippen molar-refractivity contribution >= 4 is 11.6 Å². The van der Waals surface area contributed by atoms with Gasteiger partial charge in [0.25, 0.3) is 0 Å². The van der Waals surface area contributed by atoms with Crippen LogP contribution < -0.4 is 5.32 Å². The van der Waals surface area contributed by atoms with Gasteiger partial charge in [-0.15, -0.1) is 0 Å². The molecular formula is C15H14ClN3. The number of rotatable bonds is 4. The maximum Gasteiger partial charge on any atom is 0.140 e. The first kappa shape index (κ1) is 13.5. The third-order valence-electron chi connectivity index (χ3n) is 2.92. The first-order valence-electron chi connectivity index (χ1n) is 6.03. The van der Waals surface area contributed by atoms with E-state index in [1.54, 1.807) is 12.3 Å². The molecule has 1 aromatic heterocycles. The van der Waals surface area contributed by atoms with Crippen molar-refractivity contribution in [2.75, 3.05) is 0 Å². The van der Waals surface area contributed by atoms with E-state index in [1.165, 1.54) is 5.56 Å². The zero-order chi connectivity index (χ0) is 13.7. The summed E-state index contributed by atoms with van der Waals surface area (Å²) in [6.07, 6.45) is 1.66. The van der Waals surface area contributed by atoms with E-state index >= 15 is 0 Å². The Balaban J connectivity index is 1.98. The van der Waals surface area contributed by atoms with Crippen LogP contribution >= 0.6 is 11.6 Å². The summed E-state index contributed by atoms with van der Waals surface area (Å²) in [5, 5.41) is 12.9. The average molecular weight is 272 g/mol. The molecule has 0 amide bonds. The highest BCUT2D eigenvalue weighted by atomic mass is 35.5. The molecule has 2 aromatic rings. The molecule has 1 heterocycles. The Morgan fingerprint density at radius 3 is 2.74 bits per heavy atom. The van der Waals surface area contributed by atoms with Gasteiger partial charge in [0.1, 0.15) is 11.8 Å². The van der Waals surface area contributed by atoms with Gasteiger partial charge < -0.3 is 5.32 Å². The second kappa shape index (κ2) is 6.33. The van der Waals surface area contributed by atoms with Crippen LogP contribution in [0.3, 0.4) is 0 Å². The molecule has 1 atom stereocenters. The summed E-state index contributed by atoms with van der Waals surface area (Å²) >= 11 is 5.86. The van der Waals surface area contributed by atoms with E-state index in [2.05, 4.69) is 17.2 Å². The number of nitrogens with one attached hydrogen (secondary N) is 1. The lowest BCUT2D eigenvalue weighted by molar-refractivity contribution is 0.574. The minimum absolute atomic E-state index is 0.218. The summed E-state index contributed by atoms with van der Waals surface area (Å²) < 4.78 is 0. The Hall–Kier alpha value is -1.89. The quantitative estimate of drug-likeness (QED) is 0.926. The molecular weight excluding hydrogens is 258 g/mol. The van der Waals surface area contributed by atoms with E-state index in [-0.39, 0.29) is 6.04 Å². The van der Waals surface area contributed by atoms with E-state index in [9.17, 15) is 0 Å². The molecule has 1 aromatic carbocycles. The van der Waals surface area contributed by atoms with Crippen LogP contribution in [0.4, 0.5) is 0 Å². The van der Waals surface area contributed by atoms with Crippen LogP contribution in [0.25, 0.3) is 0 Å². The van der Waals surface area contributed by atoms with Crippen molar-refractivity contribution in [1.29, 1.82) is 5.26 Å². The molecule has 3 nitrogen and oxygen atoms in total. The van der Waals surface area contributed by atoms with Gasteiger partial charge in [-0.2, -0.15) is 5.26 Å². The summed E-state index contributed by atoms with van der Waals surface area (Å²) in [6.45, 7) is 2.79. The van der Waals surface area contributed by atoms with Crippen LogP contribution in [0.1, 0.15) is 29.8 Å². The molecule has 4 heteroatoms. The fourth-order valence-electron chi connectivity index (χ4n) is 1.79. The largest absolute Gasteiger partial charge is 0.306 e. The fraction of sp³-hybridized carbons (Fsp3) is 0.200. The van der Waals surface area contributed by atoms with Gasteiger partial charge >= 0.3 is 0 Å². The van der Waals surface area contributed by atoms with Crippen LogP contribution in [0.5, 0.6) is 0 Å². The van der Waals surface area contributed by atoms with Gasteiger partial charge in [-0.05, 0) is 42.3 Å². The smallest absolute Gasteiger partial charge is 0.140 e. The van der Waals surface area contributed by atoms with Gasteiger partial charge in [-0.25, -0.2) is 4.98 Å². The van der Waals surface area contributed by atoms with Crippen molar-refractivity contribution in [2.45, 2.75) is 19.5 Å². The number of halogens is 1. The van der Waals surface area contributed by atoms with Gasteiger partial charge in [0.2, 0.25) is 0 Å². The summed E-state index contributed by atoms with van der Waals surface area (Å²) in [7, 11) is 0. The maximum absolute atomic E-state index is 8.80. The number of hydrogen-bond donors (Lipinski definition) is 1. The predicted octanol–water partition coefficient (Wildman–Crippen LogP) is 3.46. The van der Waals surface area contributed by atoms with Gasteiger partial charge in [0, 0.05) is 23.8 Å². The Kier molecular flexibility index (Phi) is 4.51. The summed E-state index contributed by atoms with van der Waals surface area (Å²) in [5.74, 6) is 0. The Labute approximate surface area is 117 Å². The third kappa shape index (κ3) is 3.78. The molecule has 0 saturated carbocycles. The first-order chi connectivity index (χ1) is 9.19. The lowest BCUT2D eigenvalue weighted by Gasteiger charge is -2.14. The summed E-state index contributed by atoms with van der Waals surface area (Å²) in [5.41, 5.74) is 2.67. The molecule has 0 aliphatic heterocycles. The zero-order valence-electron chi connectivity index (χ0n) is 10.6. The number of benzene rings is 1. The molecule has 0 fully saturated rings. The fourth-order valence-corrected chi connectivity index (χ4v) is 1.91. The van der Waals surface area contributed by atoms with Gasteiger partial charge in [0.05, 0.1) is 0 Å². The van der Waals surface area contributed by atoms with Crippen molar-refractivity contribution in [1.82, 2.24) is 10.3 Å². The Morgan fingerprint density at radius 1 is 1.32 bits per heavy atom. The Morgan fingerprint density at radius 2 is 2.05 bits per heavy atom. The number of pyridine rings is 1. The molecule has 2 rings (SSSR count).